The second-order valence-electron chi connectivity index (χ2n) is 6.03. The number of imidazole rings is 1. The zero-order chi connectivity index (χ0) is 17.1. The van der Waals surface area contributed by atoms with Crippen molar-refractivity contribution in [2.24, 2.45) is 7.05 Å². The van der Waals surface area contributed by atoms with Crippen LogP contribution in [0.2, 0.25) is 0 Å². The quantitative estimate of drug-likeness (QED) is 0.678. The lowest BCUT2D eigenvalue weighted by atomic mass is 10.2. The van der Waals surface area contributed by atoms with Gasteiger partial charge in [-0.1, -0.05) is 12.1 Å². The number of hydrogen-bond acceptors (Lipinski definition) is 4. The molecule has 1 aromatic carbocycles. The fraction of sp³-hybridized carbons (Fsp3) is 0.444. The molecule has 0 radical (unpaired) electrons. The summed E-state index contributed by atoms with van der Waals surface area (Å²) in [5, 5.41) is 7.90. The highest BCUT2D eigenvalue weighted by molar-refractivity contribution is 5.75. The van der Waals surface area contributed by atoms with Crippen molar-refractivity contribution >= 4 is 11.0 Å². The minimum Gasteiger partial charge on any atom is -0.481 e. The molecular weight excluding hydrogens is 302 g/mol. The molecule has 6 nitrogen and oxygen atoms in total. The summed E-state index contributed by atoms with van der Waals surface area (Å²) in [7, 11) is 3.59. The molecule has 0 amide bonds. The van der Waals surface area contributed by atoms with Gasteiger partial charge in [0.15, 0.2) is 0 Å². The van der Waals surface area contributed by atoms with Crippen molar-refractivity contribution < 1.29 is 4.74 Å². The van der Waals surface area contributed by atoms with Gasteiger partial charge < -0.3 is 14.6 Å². The van der Waals surface area contributed by atoms with Gasteiger partial charge in [0.1, 0.15) is 5.82 Å². The highest BCUT2D eigenvalue weighted by Crippen LogP contribution is 2.20. The molecule has 128 valence electrons. The van der Waals surface area contributed by atoms with E-state index < -0.39 is 0 Å². The van der Waals surface area contributed by atoms with E-state index in [1.807, 2.05) is 20.0 Å². The Hall–Kier alpha value is -2.34. The molecule has 2 aromatic heterocycles. The van der Waals surface area contributed by atoms with Crippen LogP contribution in [0, 0.1) is 13.8 Å². The van der Waals surface area contributed by atoms with Gasteiger partial charge in [-0.05, 0) is 38.9 Å². The molecular formula is C18H25N5O. The summed E-state index contributed by atoms with van der Waals surface area (Å²) >= 11 is 0. The molecule has 0 unspecified atom stereocenters. The van der Waals surface area contributed by atoms with Gasteiger partial charge in [0, 0.05) is 20.1 Å². The van der Waals surface area contributed by atoms with Crippen molar-refractivity contribution in [2.75, 3.05) is 13.7 Å². The molecule has 0 bridgehead atoms. The largest absolute Gasteiger partial charge is 0.481 e. The second kappa shape index (κ2) is 7.05. The maximum atomic E-state index is 5.42. The van der Waals surface area contributed by atoms with Gasteiger partial charge in [-0.25, -0.2) is 9.67 Å². The number of aryl methyl sites for hydroxylation is 4. The molecule has 0 aliphatic rings. The molecule has 0 aliphatic carbocycles. The summed E-state index contributed by atoms with van der Waals surface area (Å²) in [6.45, 7) is 6.75. The lowest BCUT2D eigenvalue weighted by molar-refractivity contribution is 0.368. The number of nitrogens with one attached hydrogen (secondary N) is 1. The highest BCUT2D eigenvalue weighted by atomic mass is 16.5. The van der Waals surface area contributed by atoms with Gasteiger partial charge >= 0.3 is 0 Å². The Labute approximate surface area is 142 Å². The Morgan fingerprint density at radius 2 is 2.00 bits per heavy atom. The van der Waals surface area contributed by atoms with Gasteiger partial charge in [-0.3, -0.25) is 0 Å². The number of ether oxygens (including phenoxy) is 1. The molecule has 0 saturated carbocycles. The topological polar surface area (TPSA) is 56.9 Å². The van der Waals surface area contributed by atoms with E-state index in [-0.39, 0.29) is 0 Å². The summed E-state index contributed by atoms with van der Waals surface area (Å²) in [5.41, 5.74) is 4.42. The average molecular weight is 327 g/mol. The lowest BCUT2D eigenvalue weighted by Gasteiger charge is -2.09. The molecule has 0 atom stereocenters. The fourth-order valence-corrected chi connectivity index (χ4v) is 3.19. The third kappa shape index (κ3) is 3.14. The van der Waals surface area contributed by atoms with Crippen LogP contribution < -0.4 is 10.1 Å². The van der Waals surface area contributed by atoms with E-state index in [0.29, 0.717) is 0 Å². The summed E-state index contributed by atoms with van der Waals surface area (Å²) in [6.07, 6.45) is 1.04. The van der Waals surface area contributed by atoms with Crippen molar-refractivity contribution in [1.82, 2.24) is 24.6 Å². The van der Waals surface area contributed by atoms with E-state index in [9.17, 15) is 0 Å². The van der Waals surface area contributed by atoms with Crippen molar-refractivity contribution in [2.45, 2.75) is 33.4 Å². The third-order valence-electron chi connectivity index (χ3n) is 4.36. The van der Waals surface area contributed by atoms with Crippen LogP contribution in [-0.2, 0) is 20.1 Å². The monoisotopic (exact) mass is 327 g/mol. The molecule has 0 fully saturated rings. The number of benzene rings is 1. The van der Waals surface area contributed by atoms with Crippen LogP contribution in [0.15, 0.2) is 24.3 Å². The van der Waals surface area contributed by atoms with E-state index in [4.69, 9.17) is 4.74 Å². The van der Waals surface area contributed by atoms with Gasteiger partial charge in [-0.15, -0.1) is 0 Å². The van der Waals surface area contributed by atoms with E-state index in [2.05, 4.69) is 45.1 Å². The molecule has 0 spiro atoms. The Morgan fingerprint density at radius 3 is 2.79 bits per heavy atom. The molecule has 0 aliphatic heterocycles. The number of fused-ring (bicyclic) bond motifs is 1. The van der Waals surface area contributed by atoms with Gasteiger partial charge in [0.05, 0.1) is 29.4 Å². The fourth-order valence-electron chi connectivity index (χ4n) is 3.19. The van der Waals surface area contributed by atoms with E-state index in [1.165, 1.54) is 5.52 Å². The maximum Gasteiger partial charge on any atom is 0.216 e. The van der Waals surface area contributed by atoms with E-state index in [0.717, 1.165) is 54.5 Å². The number of aromatic nitrogens is 4. The van der Waals surface area contributed by atoms with Crippen LogP contribution in [0.5, 0.6) is 5.88 Å². The predicted octanol–water partition coefficient (Wildman–Crippen LogP) is 2.58. The smallest absolute Gasteiger partial charge is 0.216 e. The molecule has 24 heavy (non-hydrogen) atoms. The Balaban J connectivity index is 1.55. The zero-order valence-corrected chi connectivity index (χ0v) is 14.8. The van der Waals surface area contributed by atoms with Crippen LogP contribution in [0.1, 0.15) is 23.5 Å². The minimum atomic E-state index is 0.770. The van der Waals surface area contributed by atoms with Gasteiger partial charge in [0.25, 0.3) is 0 Å². The van der Waals surface area contributed by atoms with Crippen LogP contribution in [0.3, 0.4) is 0 Å². The van der Waals surface area contributed by atoms with Crippen LogP contribution in [-0.4, -0.2) is 33.0 Å². The number of para-hydroxylation sites is 2. The average Bonchev–Trinajstić information content (AvgIpc) is 3.02. The standard InChI is InChI=1S/C18H25N5O/c1-13-15(18(24-4)22(3)21-13)12-19-10-7-11-23-14(2)20-16-8-5-6-9-17(16)23/h5-6,8-9,19H,7,10-12H2,1-4H3. The van der Waals surface area contributed by atoms with E-state index in [1.54, 1.807) is 11.8 Å². The number of nitrogens with zero attached hydrogens (tertiary/aromatic N) is 4. The lowest BCUT2D eigenvalue weighted by Crippen LogP contribution is -2.17. The number of rotatable bonds is 7. The number of methoxy groups -OCH3 is 1. The first kappa shape index (κ1) is 16.5. The second-order valence-corrected chi connectivity index (χ2v) is 6.03. The molecule has 1 N–H and O–H groups in total. The first-order valence-corrected chi connectivity index (χ1v) is 8.31. The SMILES string of the molecule is COc1c(CNCCCn2c(C)nc3ccccc32)c(C)nn1C. The number of hydrogen-bond donors (Lipinski definition) is 1. The van der Waals surface area contributed by atoms with Gasteiger partial charge in [0.2, 0.25) is 5.88 Å². The molecule has 2 heterocycles. The Bertz CT molecular complexity index is 833. The molecule has 3 rings (SSSR count). The van der Waals surface area contributed by atoms with Crippen LogP contribution in [0.4, 0.5) is 0 Å². The summed E-state index contributed by atoms with van der Waals surface area (Å²) in [5.74, 6) is 1.90. The first-order chi connectivity index (χ1) is 11.6. The molecule has 6 heteroatoms. The van der Waals surface area contributed by atoms with Gasteiger partial charge in [-0.2, -0.15) is 5.10 Å². The van der Waals surface area contributed by atoms with E-state index >= 15 is 0 Å². The zero-order valence-electron chi connectivity index (χ0n) is 14.8. The Kier molecular flexibility index (Phi) is 4.85. The maximum absolute atomic E-state index is 5.42. The highest BCUT2D eigenvalue weighted by Gasteiger charge is 2.13. The summed E-state index contributed by atoms with van der Waals surface area (Å²) < 4.78 is 9.49. The van der Waals surface area contributed by atoms with Crippen molar-refractivity contribution in [3.63, 3.8) is 0 Å². The Morgan fingerprint density at radius 1 is 1.21 bits per heavy atom. The van der Waals surface area contributed by atoms with Crippen LogP contribution in [0.25, 0.3) is 11.0 Å². The predicted molar refractivity (Wildman–Crippen MR) is 95.3 cm³/mol. The molecule has 3 aromatic rings. The minimum absolute atomic E-state index is 0.770. The summed E-state index contributed by atoms with van der Waals surface area (Å²) in [6, 6.07) is 8.29. The van der Waals surface area contributed by atoms with Crippen LogP contribution >= 0.6 is 0 Å². The first-order valence-electron chi connectivity index (χ1n) is 8.31. The van der Waals surface area contributed by atoms with Crippen molar-refractivity contribution in [3.05, 3.63) is 41.3 Å². The third-order valence-corrected chi connectivity index (χ3v) is 4.36. The summed E-state index contributed by atoms with van der Waals surface area (Å²) in [4.78, 5) is 4.61. The molecule has 0 saturated heterocycles. The normalized spacial score (nSPS) is 11.3. The van der Waals surface area contributed by atoms with Crippen molar-refractivity contribution in [3.8, 4) is 5.88 Å². The van der Waals surface area contributed by atoms with Crippen molar-refractivity contribution in [1.29, 1.82) is 0 Å².